The number of hydrogen-bond acceptors (Lipinski definition) is 8. The van der Waals surface area contributed by atoms with Crippen LogP contribution >= 0.6 is 0 Å². The van der Waals surface area contributed by atoms with E-state index in [1.165, 1.54) is 17.3 Å². The van der Waals surface area contributed by atoms with Crippen molar-refractivity contribution in [1.82, 2.24) is 9.97 Å². The topological polar surface area (TPSA) is 133 Å². The molecular weight excluding hydrogens is 465 g/mol. The number of carbonyl (C=O) groups excluding carboxylic acids is 1. The number of amides is 1. The minimum atomic E-state index is -4.37. The lowest BCUT2D eigenvalue weighted by Gasteiger charge is -2.39. The molecule has 1 fully saturated rings. The zero-order valence-electron chi connectivity index (χ0n) is 19.1. The molecular formula is C23H27F3N6O3. The van der Waals surface area contributed by atoms with E-state index in [4.69, 9.17) is 20.6 Å². The maximum atomic E-state index is 13.4. The molecule has 0 aliphatic carbocycles. The second-order valence-corrected chi connectivity index (χ2v) is 8.61. The summed E-state index contributed by atoms with van der Waals surface area (Å²) in [5.41, 5.74) is 14.1. The van der Waals surface area contributed by atoms with E-state index in [1.807, 2.05) is 0 Å². The van der Waals surface area contributed by atoms with Crippen LogP contribution in [0.15, 0.2) is 35.1 Å². The molecule has 0 saturated carbocycles. The van der Waals surface area contributed by atoms with Gasteiger partial charge in [0.15, 0.2) is 5.58 Å². The Morgan fingerprint density at radius 3 is 2.89 bits per heavy atom. The summed E-state index contributed by atoms with van der Waals surface area (Å²) in [7, 11) is 1.63. The van der Waals surface area contributed by atoms with Gasteiger partial charge in [0.25, 0.3) is 5.91 Å². The largest absolute Gasteiger partial charge is 0.438 e. The molecule has 1 saturated heterocycles. The summed E-state index contributed by atoms with van der Waals surface area (Å²) in [5, 5.41) is 2.71. The Kier molecular flexibility index (Phi) is 7.13. The van der Waals surface area contributed by atoms with E-state index in [9.17, 15) is 18.0 Å². The smallest absolute Gasteiger partial charge is 0.393 e. The van der Waals surface area contributed by atoms with E-state index >= 15 is 0 Å². The van der Waals surface area contributed by atoms with Gasteiger partial charge in [0.2, 0.25) is 5.88 Å². The Morgan fingerprint density at radius 1 is 1.34 bits per heavy atom. The first-order chi connectivity index (χ1) is 16.7. The molecule has 0 bridgehead atoms. The molecule has 9 nitrogen and oxygen atoms in total. The van der Waals surface area contributed by atoms with Crippen molar-refractivity contribution < 1.29 is 27.1 Å². The van der Waals surface area contributed by atoms with Gasteiger partial charge in [0, 0.05) is 45.2 Å². The number of nitrogens with zero attached hydrogens (tertiary/aromatic N) is 3. The number of ether oxygens (including phenoxy) is 1. The molecule has 1 amide bonds. The fraction of sp³-hybridized carbons (Fsp3) is 0.435. The van der Waals surface area contributed by atoms with E-state index < -0.39 is 24.0 Å². The van der Waals surface area contributed by atoms with Crippen LogP contribution < -0.4 is 21.7 Å². The standard InChI is InChI=1S/C23H27F3N6O3/c1-34-6-2-3-13-7-18-20(30-9-13)19(21(28)35-18)22(33)31-16-10-29-5-4-17(16)32-11-14(23(24,25)26)8-15(27)12-32/h4-5,7,9-10,14-15H,2-3,6,8,11-12,27-28H2,1H3,(H,31,33)/t14-,15+/m0/s1. The summed E-state index contributed by atoms with van der Waals surface area (Å²) in [6.45, 7) is 0.545. The van der Waals surface area contributed by atoms with Crippen LogP contribution in [0, 0.1) is 5.92 Å². The fourth-order valence-electron chi connectivity index (χ4n) is 4.33. The Hall–Kier alpha value is -3.38. The highest BCUT2D eigenvalue weighted by molar-refractivity contribution is 6.15. The van der Waals surface area contributed by atoms with Gasteiger partial charge >= 0.3 is 6.18 Å². The number of nitrogen functional groups attached to an aromatic ring is 1. The summed E-state index contributed by atoms with van der Waals surface area (Å²) >= 11 is 0. The van der Waals surface area contributed by atoms with Gasteiger partial charge in [-0.1, -0.05) is 0 Å². The molecule has 2 atom stereocenters. The van der Waals surface area contributed by atoms with Gasteiger partial charge in [-0.15, -0.1) is 0 Å². The molecule has 35 heavy (non-hydrogen) atoms. The average molecular weight is 493 g/mol. The number of aryl methyl sites for hydroxylation is 1. The number of carbonyl (C=O) groups is 1. The van der Waals surface area contributed by atoms with Crippen molar-refractivity contribution in [3.8, 4) is 0 Å². The molecule has 1 aliphatic heterocycles. The third kappa shape index (κ3) is 5.49. The first-order valence-electron chi connectivity index (χ1n) is 11.2. The summed E-state index contributed by atoms with van der Waals surface area (Å²) < 4.78 is 50.8. The molecule has 12 heteroatoms. The van der Waals surface area contributed by atoms with Crippen LogP contribution in [0.5, 0.6) is 0 Å². The number of nitrogens with one attached hydrogen (secondary N) is 1. The van der Waals surface area contributed by atoms with Crippen LogP contribution in [-0.2, 0) is 11.2 Å². The number of piperidine rings is 1. The van der Waals surface area contributed by atoms with E-state index in [0.717, 1.165) is 18.4 Å². The lowest BCUT2D eigenvalue weighted by atomic mass is 9.93. The monoisotopic (exact) mass is 492 g/mol. The fourth-order valence-corrected chi connectivity index (χ4v) is 4.33. The molecule has 0 aromatic carbocycles. The van der Waals surface area contributed by atoms with Crippen molar-refractivity contribution >= 4 is 34.3 Å². The lowest BCUT2D eigenvalue weighted by molar-refractivity contribution is -0.177. The van der Waals surface area contributed by atoms with Crippen LogP contribution in [-0.4, -0.2) is 54.9 Å². The van der Waals surface area contributed by atoms with Gasteiger partial charge in [0.05, 0.1) is 23.5 Å². The molecule has 3 aromatic heterocycles. The number of furan rings is 1. The highest BCUT2D eigenvalue weighted by atomic mass is 19.4. The Morgan fingerprint density at radius 2 is 2.14 bits per heavy atom. The predicted molar refractivity (Wildman–Crippen MR) is 125 cm³/mol. The van der Waals surface area contributed by atoms with Gasteiger partial charge in [0.1, 0.15) is 11.1 Å². The summed E-state index contributed by atoms with van der Waals surface area (Å²) in [4.78, 5) is 23.1. The Labute approximate surface area is 199 Å². The first-order valence-corrected chi connectivity index (χ1v) is 11.2. The average Bonchev–Trinajstić information content (AvgIpc) is 3.13. The Bertz CT molecular complexity index is 1200. The van der Waals surface area contributed by atoms with Crippen LogP contribution in [0.2, 0.25) is 0 Å². The minimum absolute atomic E-state index is 0.0433. The van der Waals surface area contributed by atoms with Gasteiger partial charge in [-0.25, -0.2) is 0 Å². The minimum Gasteiger partial charge on any atom is -0.438 e. The molecule has 4 rings (SSSR count). The van der Waals surface area contributed by atoms with Gasteiger partial charge in [-0.05, 0) is 37.0 Å². The second kappa shape index (κ2) is 10.1. The van der Waals surface area contributed by atoms with Crippen molar-refractivity contribution in [3.05, 3.63) is 41.9 Å². The number of hydrogen-bond donors (Lipinski definition) is 3. The maximum absolute atomic E-state index is 13.4. The van der Waals surface area contributed by atoms with E-state index in [2.05, 4.69) is 15.3 Å². The zero-order valence-corrected chi connectivity index (χ0v) is 19.1. The zero-order chi connectivity index (χ0) is 25.2. The predicted octanol–water partition coefficient (Wildman–Crippen LogP) is 3.35. The summed E-state index contributed by atoms with van der Waals surface area (Å²) in [5.74, 6) is -2.29. The van der Waals surface area contributed by atoms with Crippen molar-refractivity contribution in [2.75, 3.05) is 42.8 Å². The summed E-state index contributed by atoms with van der Waals surface area (Å²) in [6.07, 6.45) is 1.46. The number of halogens is 3. The normalized spacial score (nSPS) is 18.7. The van der Waals surface area contributed by atoms with E-state index in [0.29, 0.717) is 17.9 Å². The number of alkyl halides is 3. The van der Waals surface area contributed by atoms with Crippen LogP contribution in [0.3, 0.4) is 0 Å². The summed E-state index contributed by atoms with van der Waals surface area (Å²) in [6, 6.07) is 2.65. The molecule has 3 aromatic rings. The van der Waals surface area contributed by atoms with Crippen molar-refractivity contribution in [2.45, 2.75) is 31.5 Å². The van der Waals surface area contributed by atoms with Crippen LogP contribution in [0.4, 0.5) is 30.4 Å². The highest BCUT2D eigenvalue weighted by Crippen LogP contribution is 2.37. The number of fused-ring (bicyclic) bond motifs is 1. The number of anilines is 3. The van der Waals surface area contributed by atoms with Crippen LogP contribution in [0.1, 0.15) is 28.8 Å². The molecule has 0 unspecified atom stereocenters. The van der Waals surface area contributed by atoms with Crippen molar-refractivity contribution in [2.24, 2.45) is 11.7 Å². The SMILES string of the molecule is COCCCc1cnc2c(C(=O)Nc3cnccc3N3C[C@H](N)C[C@H](C(F)(F)F)C3)c(N)oc2c1. The molecule has 0 spiro atoms. The molecule has 188 valence electrons. The first kappa shape index (κ1) is 24.7. The van der Waals surface area contributed by atoms with E-state index in [1.54, 1.807) is 25.4 Å². The number of methoxy groups -OCH3 is 1. The number of rotatable bonds is 7. The third-order valence-corrected chi connectivity index (χ3v) is 5.99. The number of aromatic nitrogens is 2. The molecule has 0 radical (unpaired) electrons. The number of nitrogens with two attached hydrogens (primary N) is 2. The molecule has 5 N–H and O–H groups in total. The molecule has 4 heterocycles. The van der Waals surface area contributed by atoms with Crippen LogP contribution in [0.25, 0.3) is 11.1 Å². The highest BCUT2D eigenvalue weighted by Gasteiger charge is 2.44. The second-order valence-electron chi connectivity index (χ2n) is 8.61. The van der Waals surface area contributed by atoms with Gasteiger partial charge in [-0.3, -0.25) is 14.8 Å². The van der Waals surface area contributed by atoms with E-state index in [-0.39, 0.29) is 42.2 Å². The van der Waals surface area contributed by atoms with Gasteiger partial charge < -0.3 is 30.8 Å². The molecule has 1 aliphatic rings. The third-order valence-electron chi connectivity index (χ3n) is 5.99. The van der Waals surface area contributed by atoms with Crippen molar-refractivity contribution in [3.63, 3.8) is 0 Å². The maximum Gasteiger partial charge on any atom is 0.393 e. The van der Waals surface area contributed by atoms with Gasteiger partial charge in [-0.2, -0.15) is 13.2 Å². The Balaban J connectivity index is 1.58. The number of pyridine rings is 2. The quantitative estimate of drug-likeness (QED) is 0.428. The van der Waals surface area contributed by atoms with Crippen molar-refractivity contribution in [1.29, 1.82) is 0 Å². The lowest BCUT2D eigenvalue weighted by Crippen LogP contribution is -2.51.